The zero-order valence-corrected chi connectivity index (χ0v) is 10.2. The molecule has 0 radical (unpaired) electrons. The van der Waals surface area contributed by atoms with Crippen LogP contribution in [0.5, 0.6) is 0 Å². The maximum atomic E-state index is 10.4. The Bertz CT molecular complexity index is 100. The molecule has 0 aliphatic heterocycles. The van der Waals surface area contributed by atoms with Crippen LogP contribution >= 0.6 is 0 Å². The Labute approximate surface area is 96.1 Å². The number of hydrogen-bond donors (Lipinski definition) is 0. The Balaban J connectivity index is -0.000000405. The average Bonchev–Trinajstić information content (AvgIpc) is 1.87. The molecule has 4 heteroatoms. The van der Waals surface area contributed by atoms with Gasteiger partial charge >= 0.3 is 29.6 Å². The van der Waals surface area contributed by atoms with Gasteiger partial charge in [-0.1, -0.05) is 26.7 Å². The van der Waals surface area contributed by atoms with Crippen molar-refractivity contribution in [1.29, 1.82) is 0 Å². The largest absolute Gasteiger partial charge is 1.00 e. The fourth-order valence-corrected chi connectivity index (χ4v) is 1.08. The molecule has 0 heterocycles. The van der Waals surface area contributed by atoms with E-state index in [0.29, 0.717) is 0 Å². The molecule has 0 aromatic carbocycles. The number of hydrogen-bond acceptors (Lipinski definition) is 2. The molecule has 0 rings (SSSR count). The van der Waals surface area contributed by atoms with Crippen molar-refractivity contribution in [3.05, 3.63) is 0 Å². The van der Waals surface area contributed by atoms with Crippen molar-refractivity contribution in [2.24, 2.45) is 5.92 Å². The molecule has 68 valence electrons. The number of aliphatic carboxylic acids is 1. The summed E-state index contributed by atoms with van der Waals surface area (Å²) in [5.74, 6) is -1.10. The van der Waals surface area contributed by atoms with Gasteiger partial charge in [0.05, 0.1) is 0 Å². The van der Waals surface area contributed by atoms with E-state index in [1.54, 1.807) is 0 Å². The van der Waals surface area contributed by atoms with E-state index in [1.165, 1.54) is 0 Å². The first-order chi connectivity index (χ1) is 4.72. The third-order valence-corrected chi connectivity index (χ3v) is 1.61. The van der Waals surface area contributed by atoms with Gasteiger partial charge < -0.3 is 15.4 Å². The zero-order chi connectivity index (χ0) is 7.98. The van der Waals surface area contributed by atoms with Gasteiger partial charge in [-0.25, -0.2) is 0 Å². The molecule has 12 heavy (non-hydrogen) atoms. The Kier molecular flexibility index (Phi) is 17.4. The molecule has 0 unspecified atom stereocenters. The molecule has 0 aliphatic carbocycles. The number of carbonyl (C=O) groups excluding carboxylic acids is 1. The molecule has 2 N–H and O–H groups in total. The Morgan fingerprint density at radius 1 is 1.25 bits per heavy atom. The van der Waals surface area contributed by atoms with E-state index >= 15 is 0 Å². The summed E-state index contributed by atoms with van der Waals surface area (Å²) in [4.78, 5) is 10.4. The summed E-state index contributed by atoms with van der Waals surface area (Å²) in [5.41, 5.74) is 0. The molecule has 0 aliphatic rings. The van der Waals surface area contributed by atoms with Crippen LogP contribution in [0.25, 0.3) is 0 Å². The average molecular weight is 184 g/mol. The van der Waals surface area contributed by atoms with Crippen molar-refractivity contribution in [1.82, 2.24) is 0 Å². The van der Waals surface area contributed by atoms with Crippen LogP contribution in [0.4, 0.5) is 0 Å². The van der Waals surface area contributed by atoms with Crippen LogP contribution in [0.2, 0.25) is 0 Å². The maximum absolute atomic E-state index is 10.4. The zero-order valence-electron chi connectivity index (χ0n) is 8.22. The van der Waals surface area contributed by atoms with Gasteiger partial charge in [0.25, 0.3) is 0 Å². The van der Waals surface area contributed by atoms with E-state index in [0.717, 1.165) is 25.7 Å². The molecule has 0 amide bonds. The normalized spacial score (nSPS) is 8.58. The second-order valence-electron chi connectivity index (χ2n) is 2.59. The predicted octanol–water partition coefficient (Wildman–Crippen LogP) is -2.87. The Morgan fingerprint density at radius 3 is 1.75 bits per heavy atom. The fraction of sp³-hybridized carbons (Fsp3) is 0.875. The van der Waals surface area contributed by atoms with E-state index in [2.05, 4.69) is 0 Å². The van der Waals surface area contributed by atoms with Crippen LogP contribution in [0.1, 0.15) is 39.5 Å². The summed E-state index contributed by atoms with van der Waals surface area (Å²) in [6.07, 6.45) is 3.38. The third-order valence-electron chi connectivity index (χ3n) is 1.61. The van der Waals surface area contributed by atoms with Gasteiger partial charge in [-0.2, -0.15) is 0 Å². The maximum Gasteiger partial charge on any atom is 1.00 e. The summed E-state index contributed by atoms with van der Waals surface area (Å²) < 4.78 is 0. The summed E-state index contributed by atoms with van der Waals surface area (Å²) in [6, 6.07) is 0. The second kappa shape index (κ2) is 11.4. The number of rotatable bonds is 5. The number of carboxylic acids is 1. The van der Waals surface area contributed by atoms with Gasteiger partial charge in [0, 0.05) is 5.97 Å². The van der Waals surface area contributed by atoms with Gasteiger partial charge in [0.1, 0.15) is 0 Å². The molecule has 3 nitrogen and oxygen atoms in total. The van der Waals surface area contributed by atoms with Gasteiger partial charge in [-0.15, -0.1) is 0 Å². The molecule has 0 atom stereocenters. The monoisotopic (exact) mass is 184 g/mol. The van der Waals surface area contributed by atoms with Crippen molar-refractivity contribution in [2.75, 3.05) is 0 Å². The minimum absolute atomic E-state index is 0. The van der Waals surface area contributed by atoms with Crippen molar-refractivity contribution in [2.45, 2.75) is 39.5 Å². The van der Waals surface area contributed by atoms with Gasteiger partial charge in [0.15, 0.2) is 0 Å². The van der Waals surface area contributed by atoms with Crippen LogP contribution < -0.4 is 34.7 Å². The summed E-state index contributed by atoms with van der Waals surface area (Å²) in [7, 11) is 0. The standard InChI is InChI=1S/C8H16O2.Na.H2O/c1-3-5-7(6-4-2)8(9)10;;/h7H,3-6H2,1-2H3,(H,9,10);;1H2/q;+1;/p-1. The van der Waals surface area contributed by atoms with E-state index in [4.69, 9.17) is 0 Å². The first kappa shape index (κ1) is 18.3. The molecule has 0 saturated carbocycles. The topological polar surface area (TPSA) is 71.6 Å². The van der Waals surface area contributed by atoms with Crippen molar-refractivity contribution < 1.29 is 44.9 Å². The number of carbonyl (C=O) groups is 1. The molecular formula is C8H17NaO3. The summed E-state index contributed by atoms with van der Waals surface area (Å²) in [6.45, 7) is 3.98. The number of carboxylic acid groups (broad SMARTS) is 1. The quantitative estimate of drug-likeness (QED) is 0.431. The molecule has 0 aromatic heterocycles. The fourth-order valence-electron chi connectivity index (χ4n) is 1.08. The van der Waals surface area contributed by atoms with E-state index in [-0.39, 0.29) is 41.0 Å². The van der Waals surface area contributed by atoms with Gasteiger partial charge in [-0.05, 0) is 18.8 Å². The van der Waals surface area contributed by atoms with Crippen LogP contribution in [0.3, 0.4) is 0 Å². The van der Waals surface area contributed by atoms with Crippen molar-refractivity contribution >= 4 is 5.97 Å². The van der Waals surface area contributed by atoms with Gasteiger partial charge in [0.2, 0.25) is 0 Å². The van der Waals surface area contributed by atoms with Crippen molar-refractivity contribution in [3.63, 3.8) is 0 Å². The van der Waals surface area contributed by atoms with E-state index in [1.807, 2.05) is 13.8 Å². The van der Waals surface area contributed by atoms with Crippen molar-refractivity contribution in [3.8, 4) is 0 Å². The SMILES string of the molecule is CCCC(CCC)C(=O)[O-].O.[Na+]. The molecule has 0 spiro atoms. The second-order valence-corrected chi connectivity index (χ2v) is 2.59. The van der Waals surface area contributed by atoms with Crippen LogP contribution in [-0.4, -0.2) is 11.4 Å². The van der Waals surface area contributed by atoms with Crippen LogP contribution in [0.15, 0.2) is 0 Å². The first-order valence-electron chi connectivity index (χ1n) is 3.93. The van der Waals surface area contributed by atoms with E-state index in [9.17, 15) is 9.90 Å². The summed E-state index contributed by atoms with van der Waals surface area (Å²) >= 11 is 0. The Morgan fingerprint density at radius 2 is 1.58 bits per heavy atom. The molecular weight excluding hydrogens is 167 g/mol. The van der Waals surface area contributed by atoms with Gasteiger partial charge in [-0.3, -0.25) is 0 Å². The summed E-state index contributed by atoms with van der Waals surface area (Å²) in [5, 5.41) is 10.4. The smallest absolute Gasteiger partial charge is 0.550 e. The van der Waals surface area contributed by atoms with E-state index < -0.39 is 5.97 Å². The Hall–Kier alpha value is 0.430. The molecule has 0 aromatic rings. The minimum Gasteiger partial charge on any atom is -0.550 e. The van der Waals surface area contributed by atoms with Crippen LogP contribution in [0, 0.1) is 5.92 Å². The molecule has 0 bridgehead atoms. The first-order valence-corrected chi connectivity index (χ1v) is 3.93. The van der Waals surface area contributed by atoms with Crippen LogP contribution in [-0.2, 0) is 4.79 Å². The third kappa shape index (κ3) is 8.53. The minimum atomic E-state index is -0.885. The predicted molar refractivity (Wildman–Crippen MR) is 41.9 cm³/mol. The molecule has 0 fully saturated rings. The molecule has 0 saturated heterocycles.